The number of aryl methyl sites for hydroxylation is 1. The fourth-order valence-corrected chi connectivity index (χ4v) is 4.71. The molecule has 1 unspecified atom stereocenters. The molecule has 6 N–H and O–H groups in total. The summed E-state index contributed by atoms with van der Waals surface area (Å²) < 4.78 is 0. The lowest BCUT2D eigenvalue weighted by Gasteiger charge is -2.35. The van der Waals surface area contributed by atoms with Gasteiger partial charge in [-0.2, -0.15) is 5.10 Å². The van der Waals surface area contributed by atoms with Gasteiger partial charge in [0.15, 0.2) is 23.0 Å². The third-order valence-electron chi connectivity index (χ3n) is 6.31. The monoisotopic (exact) mass is 509 g/mol. The molecule has 5 rings (SSSR count). The molecular weight excluding hydrogens is 478 g/mol. The van der Waals surface area contributed by atoms with Gasteiger partial charge in [0.25, 0.3) is 0 Å². The third-order valence-corrected chi connectivity index (χ3v) is 7.19. The molecule has 1 atom stereocenters. The molecule has 2 fully saturated rings. The number of hydrogen-bond donors (Lipinski definition) is 5. The number of likely N-dealkylation sites (N-methyl/N-ethyl adjacent to an activating group) is 1. The van der Waals surface area contributed by atoms with Crippen LogP contribution in [-0.4, -0.2) is 74.2 Å². The number of H-pyrrole nitrogens is 1. The van der Waals surface area contributed by atoms with E-state index in [-0.39, 0.29) is 17.5 Å². The molecule has 0 spiro atoms. The first-order valence-electron chi connectivity index (χ1n) is 12.0. The zero-order valence-corrected chi connectivity index (χ0v) is 21.2. The van der Waals surface area contributed by atoms with Gasteiger partial charge >= 0.3 is 0 Å². The summed E-state index contributed by atoms with van der Waals surface area (Å²) in [6, 6.07) is 9.40. The summed E-state index contributed by atoms with van der Waals surface area (Å²) >= 11 is 1.35. The minimum absolute atomic E-state index is 0.0733. The number of nitrogens with one attached hydrogen (secondary N) is 3. The summed E-state index contributed by atoms with van der Waals surface area (Å²) in [5.74, 6) is 1.18. The fraction of sp³-hybridized carbons (Fsp3) is 0.417. The van der Waals surface area contributed by atoms with Gasteiger partial charge in [0, 0.05) is 54.4 Å². The Balaban J connectivity index is 1.39. The summed E-state index contributed by atoms with van der Waals surface area (Å²) in [6.45, 7) is 5.02. The molecular formula is C24H31N9O2S. The summed E-state index contributed by atoms with van der Waals surface area (Å²) in [5.41, 5.74) is 8.76. The highest BCUT2D eigenvalue weighted by Crippen LogP contribution is 2.35. The number of aromatic amines is 1. The zero-order chi connectivity index (χ0) is 25.2. The Hall–Kier alpha value is -3.19. The van der Waals surface area contributed by atoms with Crippen molar-refractivity contribution in [1.29, 1.82) is 0 Å². The van der Waals surface area contributed by atoms with Gasteiger partial charge in [0.2, 0.25) is 5.91 Å². The molecule has 1 saturated heterocycles. The molecule has 3 aromatic rings. The van der Waals surface area contributed by atoms with Crippen molar-refractivity contribution in [3.8, 4) is 0 Å². The lowest BCUT2D eigenvalue weighted by atomic mass is 10.2. The minimum atomic E-state index is -0.956. The van der Waals surface area contributed by atoms with Crippen molar-refractivity contribution in [2.24, 2.45) is 5.92 Å². The van der Waals surface area contributed by atoms with Gasteiger partial charge in [0.1, 0.15) is 11.4 Å². The second-order valence-electron chi connectivity index (χ2n) is 9.32. The van der Waals surface area contributed by atoms with E-state index in [0.29, 0.717) is 35.6 Å². The van der Waals surface area contributed by atoms with E-state index >= 15 is 0 Å². The van der Waals surface area contributed by atoms with Crippen LogP contribution in [0.4, 0.5) is 23.0 Å². The van der Waals surface area contributed by atoms with Gasteiger partial charge in [-0.25, -0.2) is 9.97 Å². The van der Waals surface area contributed by atoms with Crippen LogP contribution in [0.1, 0.15) is 30.5 Å². The van der Waals surface area contributed by atoms with Crippen LogP contribution < -0.4 is 16.4 Å². The Labute approximate surface area is 213 Å². The molecule has 1 saturated carbocycles. The van der Waals surface area contributed by atoms with E-state index in [1.807, 2.05) is 42.2 Å². The summed E-state index contributed by atoms with van der Waals surface area (Å²) in [7, 11) is 2.06. The number of aliphatic hydroxyl groups is 1. The molecule has 2 aromatic heterocycles. The average Bonchev–Trinajstić information content (AvgIpc) is 3.64. The Kier molecular flexibility index (Phi) is 7.10. The summed E-state index contributed by atoms with van der Waals surface area (Å²) in [6.07, 6.45) is 0.970. The lowest BCUT2D eigenvalue weighted by Crippen LogP contribution is -2.46. The summed E-state index contributed by atoms with van der Waals surface area (Å²) in [4.78, 5) is 26.4. The van der Waals surface area contributed by atoms with E-state index < -0.39 is 6.23 Å². The van der Waals surface area contributed by atoms with Crippen molar-refractivity contribution in [3.63, 3.8) is 0 Å². The van der Waals surface area contributed by atoms with Crippen LogP contribution >= 0.6 is 11.8 Å². The SMILES string of the molecule is Cc1cc(Nc2nc(Sc3ccc(NC(=O)C4CC4)cc3)nc(C(O)N3CCN(C)CC3)c2N)n[nH]1. The number of nitrogens with zero attached hydrogens (tertiary/aromatic N) is 5. The molecule has 1 aliphatic carbocycles. The fourth-order valence-electron chi connectivity index (χ4n) is 3.95. The molecule has 11 nitrogen and oxygen atoms in total. The van der Waals surface area contributed by atoms with E-state index in [0.717, 1.165) is 42.2 Å². The highest BCUT2D eigenvalue weighted by molar-refractivity contribution is 7.99. The smallest absolute Gasteiger partial charge is 0.227 e. The number of carbonyl (C=O) groups excluding carboxylic acids is 1. The van der Waals surface area contributed by atoms with Crippen LogP contribution in [0.2, 0.25) is 0 Å². The van der Waals surface area contributed by atoms with Crippen molar-refractivity contribution in [2.45, 2.75) is 36.0 Å². The third kappa shape index (κ3) is 5.78. The van der Waals surface area contributed by atoms with E-state index in [4.69, 9.17) is 5.73 Å². The van der Waals surface area contributed by atoms with Crippen LogP contribution in [-0.2, 0) is 4.79 Å². The zero-order valence-electron chi connectivity index (χ0n) is 20.4. The molecule has 2 aliphatic rings. The number of rotatable bonds is 8. The largest absolute Gasteiger partial charge is 0.394 e. The molecule has 1 aliphatic heterocycles. The van der Waals surface area contributed by atoms with Gasteiger partial charge in [-0.15, -0.1) is 0 Å². The number of aromatic nitrogens is 4. The van der Waals surface area contributed by atoms with E-state index in [2.05, 4.69) is 42.7 Å². The molecule has 1 aromatic carbocycles. The van der Waals surface area contributed by atoms with Crippen molar-refractivity contribution < 1.29 is 9.90 Å². The molecule has 1 amide bonds. The molecule has 0 bridgehead atoms. The maximum Gasteiger partial charge on any atom is 0.227 e. The molecule has 36 heavy (non-hydrogen) atoms. The van der Waals surface area contributed by atoms with Crippen LogP contribution in [0.5, 0.6) is 0 Å². The van der Waals surface area contributed by atoms with Crippen molar-refractivity contribution in [2.75, 3.05) is 49.6 Å². The van der Waals surface area contributed by atoms with E-state index in [9.17, 15) is 9.90 Å². The topological polar surface area (TPSA) is 148 Å². The van der Waals surface area contributed by atoms with Crippen molar-refractivity contribution >= 4 is 40.7 Å². The Morgan fingerprint density at radius 1 is 1.19 bits per heavy atom. The van der Waals surface area contributed by atoms with E-state index in [1.54, 1.807) is 0 Å². The molecule has 3 heterocycles. The van der Waals surface area contributed by atoms with Crippen LogP contribution in [0, 0.1) is 12.8 Å². The van der Waals surface area contributed by atoms with Crippen molar-refractivity contribution in [3.05, 3.63) is 41.7 Å². The van der Waals surface area contributed by atoms with E-state index in [1.165, 1.54) is 11.8 Å². The van der Waals surface area contributed by atoms with Gasteiger partial charge in [-0.1, -0.05) is 0 Å². The van der Waals surface area contributed by atoms with Crippen LogP contribution in [0.15, 0.2) is 40.4 Å². The molecule has 190 valence electrons. The number of hydrogen-bond acceptors (Lipinski definition) is 10. The first kappa shape index (κ1) is 24.5. The Morgan fingerprint density at radius 3 is 2.56 bits per heavy atom. The van der Waals surface area contributed by atoms with Gasteiger partial charge < -0.3 is 26.4 Å². The van der Waals surface area contributed by atoms with Gasteiger partial charge in [0.05, 0.1) is 0 Å². The average molecular weight is 510 g/mol. The standard InChI is InChI=1S/C24H31N9O2S/c1-14-13-18(31-30-14)27-21-19(25)20(23(35)33-11-9-32(2)10-12-33)28-24(29-21)36-17-7-5-16(6-8-17)26-22(34)15-3-4-15/h5-8,13,15,23,35H,3-4,9-12,25H2,1-2H3,(H,26,34)(H2,27,28,29,30,31). The number of piperazine rings is 1. The number of carbonyl (C=O) groups is 1. The highest BCUT2D eigenvalue weighted by atomic mass is 32.2. The minimum Gasteiger partial charge on any atom is -0.394 e. The summed E-state index contributed by atoms with van der Waals surface area (Å²) in [5, 5.41) is 24.9. The predicted molar refractivity (Wildman–Crippen MR) is 139 cm³/mol. The first-order chi connectivity index (χ1) is 17.4. The number of aliphatic hydroxyl groups excluding tert-OH is 1. The maximum atomic E-state index is 12.0. The highest BCUT2D eigenvalue weighted by Gasteiger charge is 2.30. The first-order valence-corrected chi connectivity index (χ1v) is 12.8. The Morgan fingerprint density at radius 2 is 1.92 bits per heavy atom. The number of nitrogen functional groups attached to an aromatic ring is 1. The van der Waals surface area contributed by atoms with Gasteiger partial charge in [-0.3, -0.25) is 14.8 Å². The second-order valence-corrected chi connectivity index (χ2v) is 10.4. The normalized spacial score (nSPS) is 17.6. The number of amides is 1. The second kappa shape index (κ2) is 10.4. The number of nitrogens with two attached hydrogens (primary N) is 1. The van der Waals surface area contributed by atoms with Crippen LogP contribution in [0.25, 0.3) is 0 Å². The molecule has 12 heteroatoms. The van der Waals surface area contributed by atoms with Crippen LogP contribution in [0.3, 0.4) is 0 Å². The van der Waals surface area contributed by atoms with Gasteiger partial charge in [-0.05, 0) is 62.8 Å². The number of benzene rings is 1. The quantitative estimate of drug-likeness (QED) is 0.287. The lowest BCUT2D eigenvalue weighted by molar-refractivity contribution is -0.117. The molecule has 0 radical (unpaired) electrons. The maximum absolute atomic E-state index is 12.0. The predicted octanol–water partition coefficient (Wildman–Crippen LogP) is 2.57. The Bertz CT molecular complexity index is 1220. The van der Waals surface area contributed by atoms with Crippen molar-refractivity contribution in [1.82, 2.24) is 30.0 Å². The number of anilines is 4.